The Morgan fingerprint density at radius 2 is 1.96 bits per heavy atom. The molecule has 0 aromatic heterocycles. The Hall–Kier alpha value is -2.76. The van der Waals surface area contributed by atoms with Gasteiger partial charge in [-0.3, -0.25) is 4.79 Å². The molecule has 0 unspecified atom stereocenters. The molecule has 0 radical (unpaired) electrons. The summed E-state index contributed by atoms with van der Waals surface area (Å²) in [5.74, 6) is 0.344. The van der Waals surface area contributed by atoms with Gasteiger partial charge < -0.3 is 9.47 Å². The van der Waals surface area contributed by atoms with Gasteiger partial charge in [0, 0.05) is 11.8 Å². The minimum Gasteiger partial charge on any atom is -0.496 e. The number of hydrogen-bond acceptors (Lipinski definition) is 3. The molecule has 6 heteroatoms. The molecule has 25 heavy (non-hydrogen) atoms. The SMILES string of the molecule is COc1cccc2ccc3c(c12)C(=O)C/C=C(C(F)(F)F)\C=C/CO3. The second kappa shape index (κ2) is 6.63. The van der Waals surface area contributed by atoms with Gasteiger partial charge in [0.25, 0.3) is 0 Å². The number of methoxy groups -OCH3 is 1. The van der Waals surface area contributed by atoms with Crippen LogP contribution in [0.25, 0.3) is 10.8 Å². The molecule has 1 aliphatic heterocycles. The number of ether oxygens (including phenoxy) is 2. The van der Waals surface area contributed by atoms with Crippen LogP contribution in [0.15, 0.2) is 54.1 Å². The van der Waals surface area contributed by atoms with Gasteiger partial charge >= 0.3 is 6.18 Å². The number of fused-ring (bicyclic) bond motifs is 3. The average molecular weight is 348 g/mol. The van der Waals surface area contributed by atoms with E-state index in [0.717, 1.165) is 17.5 Å². The summed E-state index contributed by atoms with van der Waals surface area (Å²) in [7, 11) is 1.48. The van der Waals surface area contributed by atoms with E-state index in [-0.39, 0.29) is 18.6 Å². The van der Waals surface area contributed by atoms with Crippen molar-refractivity contribution in [3.63, 3.8) is 0 Å². The van der Waals surface area contributed by atoms with Crippen LogP contribution in [-0.4, -0.2) is 25.7 Å². The molecule has 0 fully saturated rings. The number of ketones is 1. The first-order valence-corrected chi connectivity index (χ1v) is 7.61. The van der Waals surface area contributed by atoms with Gasteiger partial charge in [-0.1, -0.05) is 30.4 Å². The number of carbonyl (C=O) groups is 1. The largest absolute Gasteiger partial charge is 0.496 e. The molecule has 2 aromatic rings. The van der Waals surface area contributed by atoms with Crippen molar-refractivity contribution in [3.8, 4) is 11.5 Å². The van der Waals surface area contributed by atoms with E-state index in [1.807, 2.05) is 0 Å². The number of halogens is 3. The average Bonchev–Trinajstić information content (AvgIpc) is 2.58. The first-order valence-electron chi connectivity index (χ1n) is 7.61. The van der Waals surface area contributed by atoms with E-state index in [9.17, 15) is 18.0 Å². The molecule has 1 aliphatic rings. The number of alkyl halides is 3. The molecule has 0 spiro atoms. The number of allylic oxidation sites excluding steroid dienone is 3. The maximum absolute atomic E-state index is 13.0. The predicted molar refractivity (Wildman–Crippen MR) is 88.2 cm³/mol. The zero-order valence-corrected chi connectivity index (χ0v) is 13.4. The van der Waals surface area contributed by atoms with Crippen LogP contribution in [-0.2, 0) is 0 Å². The lowest BCUT2D eigenvalue weighted by Crippen LogP contribution is -2.13. The lowest BCUT2D eigenvalue weighted by molar-refractivity contribution is -0.0884. The van der Waals surface area contributed by atoms with Crippen LogP contribution in [0.3, 0.4) is 0 Å². The molecule has 3 rings (SSSR count). The quantitative estimate of drug-likeness (QED) is 0.738. The topological polar surface area (TPSA) is 35.5 Å². The summed E-state index contributed by atoms with van der Waals surface area (Å²) in [5.41, 5.74) is -0.622. The molecule has 130 valence electrons. The molecular weight excluding hydrogens is 333 g/mol. The predicted octanol–water partition coefficient (Wildman–Crippen LogP) is 4.86. The van der Waals surface area contributed by atoms with Gasteiger partial charge in [-0.15, -0.1) is 0 Å². The molecule has 0 saturated heterocycles. The number of carbonyl (C=O) groups excluding carboxylic acids is 1. The highest BCUT2D eigenvalue weighted by molar-refractivity contribution is 6.13. The minimum absolute atomic E-state index is 0.0750. The summed E-state index contributed by atoms with van der Waals surface area (Å²) in [6, 6.07) is 8.73. The zero-order valence-electron chi connectivity index (χ0n) is 13.4. The van der Waals surface area contributed by atoms with E-state index in [0.29, 0.717) is 16.9 Å². The molecule has 2 aromatic carbocycles. The Bertz CT molecular complexity index is 879. The molecule has 3 nitrogen and oxygen atoms in total. The maximum Gasteiger partial charge on any atom is 0.416 e. The number of benzene rings is 2. The fourth-order valence-corrected chi connectivity index (χ4v) is 2.79. The van der Waals surface area contributed by atoms with Crippen LogP contribution >= 0.6 is 0 Å². The number of rotatable bonds is 1. The Balaban J connectivity index is 2.18. The Labute approximate surface area is 142 Å². The van der Waals surface area contributed by atoms with Crippen molar-refractivity contribution < 1.29 is 27.4 Å². The fourth-order valence-electron chi connectivity index (χ4n) is 2.79. The summed E-state index contributed by atoms with van der Waals surface area (Å²) in [4.78, 5) is 12.7. The van der Waals surface area contributed by atoms with E-state index in [1.165, 1.54) is 13.2 Å². The third-order valence-corrected chi connectivity index (χ3v) is 3.94. The highest BCUT2D eigenvalue weighted by Crippen LogP contribution is 2.36. The summed E-state index contributed by atoms with van der Waals surface area (Å²) in [6.45, 7) is -0.0750. The van der Waals surface area contributed by atoms with Crippen molar-refractivity contribution in [2.75, 3.05) is 13.7 Å². The van der Waals surface area contributed by atoms with E-state index in [2.05, 4.69) is 0 Å². The molecule has 0 N–H and O–H groups in total. The normalized spacial score (nSPS) is 18.7. The molecule has 0 saturated carbocycles. The van der Waals surface area contributed by atoms with Crippen LogP contribution < -0.4 is 9.47 Å². The fraction of sp³-hybridized carbons (Fsp3) is 0.211. The van der Waals surface area contributed by atoms with Crippen LogP contribution in [0.1, 0.15) is 16.8 Å². The van der Waals surface area contributed by atoms with Gasteiger partial charge in [0.15, 0.2) is 5.78 Å². The van der Waals surface area contributed by atoms with E-state index in [4.69, 9.17) is 9.47 Å². The van der Waals surface area contributed by atoms with Crippen LogP contribution in [0.2, 0.25) is 0 Å². The molecule has 0 atom stereocenters. The van der Waals surface area contributed by atoms with E-state index in [1.54, 1.807) is 30.3 Å². The minimum atomic E-state index is -4.52. The van der Waals surface area contributed by atoms with Crippen molar-refractivity contribution >= 4 is 16.6 Å². The second-order valence-corrected chi connectivity index (χ2v) is 5.49. The maximum atomic E-state index is 13.0. The summed E-state index contributed by atoms with van der Waals surface area (Å²) < 4.78 is 49.8. The number of hydrogen-bond donors (Lipinski definition) is 0. The van der Waals surface area contributed by atoms with Gasteiger partial charge in [0.05, 0.1) is 18.2 Å². The van der Waals surface area contributed by atoms with Crippen LogP contribution in [0, 0.1) is 0 Å². The van der Waals surface area contributed by atoms with E-state index >= 15 is 0 Å². The summed E-state index contributed by atoms with van der Waals surface area (Å²) >= 11 is 0. The Morgan fingerprint density at radius 1 is 1.16 bits per heavy atom. The van der Waals surface area contributed by atoms with Crippen molar-refractivity contribution in [3.05, 3.63) is 59.7 Å². The lowest BCUT2D eigenvalue weighted by Gasteiger charge is -2.16. The second-order valence-electron chi connectivity index (χ2n) is 5.49. The van der Waals surface area contributed by atoms with Gasteiger partial charge in [0.1, 0.15) is 18.1 Å². The number of Topliss-reactive ketones (excluding diaryl/α,β-unsaturated/α-hetero) is 1. The highest BCUT2D eigenvalue weighted by atomic mass is 19.4. The van der Waals surface area contributed by atoms with Crippen molar-refractivity contribution in [2.24, 2.45) is 0 Å². The third kappa shape index (κ3) is 3.38. The summed E-state index contributed by atoms with van der Waals surface area (Å²) in [5, 5.41) is 1.29. The zero-order chi connectivity index (χ0) is 18.0. The lowest BCUT2D eigenvalue weighted by atomic mass is 9.97. The van der Waals surface area contributed by atoms with Gasteiger partial charge in [-0.25, -0.2) is 0 Å². The Kier molecular flexibility index (Phi) is 4.53. The van der Waals surface area contributed by atoms with Gasteiger partial charge in [0.2, 0.25) is 0 Å². The highest BCUT2D eigenvalue weighted by Gasteiger charge is 2.32. The van der Waals surface area contributed by atoms with Crippen LogP contribution in [0.4, 0.5) is 13.2 Å². The monoisotopic (exact) mass is 348 g/mol. The molecule has 0 amide bonds. The van der Waals surface area contributed by atoms with Crippen molar-refractivity contribution in [1.82, 2.24) is 0 Å². The molecule has 0 bridgehead atoms. The van der Waals surface area contributed by atoms with Crippen molar-refractivity contribution in [2.45, 2.75) is 12.6 Å². The first-order chi connectivity index (χ1) is 11.9. The molecule has 1 heterocycles. The van der Waals surface area contributed by atoms with Gasteiger partial charge in [-0.05, 0) is 23.6 Å². The van der Waals surface area contributed by atoms with E-state index < -0.39 is 17.5 Å². The standard InChI is InChI=1S/C19H15F3O3/c1-24-15-6-2-4-12-7-10-16-18(17(12)15)14(23)9-8-13(19(20,21)22)5-3-11-25-16/h2-8,10H,9,11H2,1H3/b5-3-,13-8+. The van der Waals surface area contributed by atoms with Crippen LogP contribution in [0.5, 0.6) is 11.5 Å². The summed E-state index contributed by atoms with van der Waals surface area (Å²) in [6.07, 6.45) is -1.78. The third-order valence-electron chi connectivity index (χ3n) is 3.94. The van der Waals surface area contributed by atoms with Gasteiger partial charge in [-0.2, -0.15) is 13.2 Å². The van der Waals surface area contributed by atoms with Crippen molar-refractivity contribution in [1.29, 1.82) is 0 Å². The molecular formula is C19H15F3O3. The molecule has 0 aliphatic carbocycles. The first kappa shape index (κ1) is 17.1. The Morgan fingerprint density at radius 3 is 2.68 bits per heavy atom. The smallest absolute Gasteiger partial charge is 0.416 e.